The summed E-state index contributed by atoms with van der Waals surface area (Å²) in [4.78, 5) is 28.7. The molecule has 0 saturated carbocycles. The van der Waals surface area contributed by atoms with Gasteiger partial charge in [-0.15, -0.1) is 0 Å². The summed E-state index contributed by atoms with van der Waals surface area (Å²) in [6.45, 7) is 9.29. The molecule has 328 valence electrons. The summed E-state index contributed by atoms with van der Waals surface area (Å²) in [6, 6.07) is 16.9. The van der Waals surface area contributed by atoms with Gasteiger partial charge < -0.3 is 24.1 Å². The van der Waals surface area contributed by atoms with Gasteiger partial charge in [-0.05, 0) is 97.0 Å². The minimum absolute atomic E-state index is 0.0304. The number of fused-ring (bicyclic) bond motifs is 1. The first kappa shape index (κ1) is 43.5. The van der Waals surface area contributed by atoms with Crippen LogP contribution in [0, 0.1) is 11.3 Å². The molecule has 1 aliphatic carbocycles. The summed E-state index contributed by atoms with van der Waals surface area (Å²) in [5, 5.41) is 1.45. The first-order valence-corrected chi connectivity index (χ1v) is 22.5. The Balaban J connectivity index is 1.01. The standard InChI is InChI=1S/C45H48ClF3N6O6S/c1-44(2)13-9-32(38(24-44)30-3-5-33(46)6-4-30)27-54-15-17-55(18-16-54)34-7-8-37(40(22-34)61-35-21-31-10-14-50-41(31)51-25-35)42(56)53-62(57,58)36-23-39(45(47,48)49)43(52-26-36)60-28-29-11-19-59-20-12-29/h3-8,10,14,21-23,25-26,29H,9,11-13,15-20,24,27-28H2,1-2H3,(H,50,51)(H,53,56). The van der Waals surface area contributed by atoms with E-state index in [0.717, 1.165) is 56.2 Å². The molecule has 8 rings (SSSR count). The average molecular weight is 893 g/mol. The van der Waals surface area contributed by atoms with E-state index in [-0.39, 0.29) is 35.0 Å². The third-order valence-electron chi connectivity index (χ3n) is 11.8. The van der Waals surface area contributed by atoms with Crippen LogP contribution in [0.15, 0.2) is 89.7 Å². The lowest BCUT2D eigenvalue weighted by Crippen LogP contribution is -2.47. The third kappa shape index (κ3) is 10.2. The van der Waals surface area contributed by atoms with E-state index < -0.39 is 38.4 Å². The van der Waals surface area contributed by atoms with E-state index >= 15 is 0 Å². The number of hydrogen-bond donors (Lipinski definition) is 2. The van der Waals surface area contributed by atoms with Gasteiger partial charge in [0.05, 0.1) is 24.6 Å². The average Bonchev–Trinajstić information content (AvgIpc) is 3.72. The molecule has 2 aliphatic heterocycles. The lowest BCUT2D eigenvalue weighted by molar-refractivity contribution is -0.139. The van der Waals surface area contributed by atoms with Crippen molar-refractivity contribution >= 4 is 49.8 Å². The number of carbonyl (C=O) groups is 1. The highest BCUT2D eigenvalue weighted by Gasteiger charge is 2.38. The van der Waals surface area contributed by atoms with Crippen molar-refractivity contribution in [1.29, 1.82) is 0 Å². The number of anilines is 1. The predicted octanol–water partition coefficient (Wildman–Crippen LogP) is 9.13. The van der Waals surface area contributed by atoms with E-state index in [1.807, 2.05) is 16.9 Å². The first-order chi connectivity index (χ1) is 29.6. The summed E-state index contributed by atoms with van der Waals surface area (Å²) in [7, 11) is -4.86. The Labute approximate surface area is 363 Å². The molecule has 0 radical (unpaired) electrons. The molecule has 3 aliphatic rings. The molecular formula is C45H48ClF3N6O6S. The van der Waals surface area contributed by atoms with Crippen LogP contribution < -0.4 is 19.1 Å². The molecule has 3 aromatic heterocycles. The second kappa shape index (κ2) is 17.9. The molecule has 2 aromatic carbocycles. The van der Waals surface area contributed by atoms with Gasteiger partial charge in [0.15, 0.2) is 0 Å². The molecule has 5 aromatic rings. The van der Waals surface area contributed by atoms with Gasteiger partial charge >= 0.3 is 6.18 Å². The number of H-pyrrole nitrogens is 1. The van der Waals surface area contributed by atoms with E-state index in [1.165, 1.54) is 29.0 Å². The van der Waals surface area contributed by atoms with Crippen LogP contribution in [-0.2, 0) is 20.9 Å². The van der Waals surface area contributed by atoms with Crippen molar-refractivity contribution in [3.63, 3.8) is 0 Å². The van der Waals surface area contributed by atoms with Crippen molar-refractivity contribution in [2.24, 2.45) is 11.3 Å². The molecule has 1 amide bonds. The molecule has 0 bridgehead atoms. The molecular weight excluding hydrogens is 845 g/mol. The van der Waals surface area contributed by atoms with Gasteiger partial charge in [0.1, 0.15) is 27.6 Å². The van der Waals surface area contributed by atoms with Crippen LogP contribution in [0.1, 0.15) is 67.4 Å². The van der Waals surface area contributed by atoms with Gasteiger partial charge in [-0.2, -0.15) is 13.2 Å². The molecule has 0 atom stereocenters. The van der Waals surface area contributed by atoms with Gasteiger partial charge in [0, 0.05) is 74.3 Å². The van der Waals surface area contributed by atoms with Crippen molar-refractivity contribution in [3.8, 4) is 17.4 Å². The number of allylic oxidation sites excluding steroid dienone is 1. The van der Waals surface area contributed by atoms with Crippen molar-refractivity contribution < 1.29 is 40.6 Å². The smallest absolute Gasteiger partial charge is 0.421 e. The first-order valence-electron chi connectivity index (χ1n) is 20.6. The number of amides is 1. The van der Waals surface area contributed by atoms with Gasteiger partial charge in [0.2, 0.25) is 5.88 Å². The summed E-state index contributed by atoms with van der Waals surface area (Å²) in [5.41, 5.74) is 4.06. The van der Waals surface area contributed by atoms with Crippen LogP contribution in [0.3, 0.4) is 0 Å². The number of ether oxygens (including phenoxy) is 3. The van der Waals surface area contributed by atoms with Crippen LogP contribution in [0.2, 0.25) is 5.02 Å². The maximum Gasteiger partial charge on any atom is 0.421 e. The Hall–Kier alpha value is -5.16. The SMILES string of the molecule is CC1(C)CCC(CN2CCN(c3ccc(C(=O)NS(=O)(=O)c4cnc(OCC5CCOCC5)c(C(F)(F)F)c4)c(Oc4cnc5[nH]ccc5c4)c3)CC2)=C(c2ccc(Cl)cc2)C1. The number of sulfonamides is 1. The Morgan fingerprint density at radius 2 is 1.76 bits per heavy atom. The number of pyridine rings is 2. The highest BCUT2D eigenvalue weighted by Crippen LogP contribution is 2.44. The Kier molecular flexibility index (Phi) is 12.6. The van der Waals surface area contributed by atoms with E-state index in [1.54, 1.807) is 30.5 Å². The second-order valence-corrected chi connectivity index (χ2v) is 19.0. The lowest BCUT2D eigenvalue weighted by Gasteiger charge is -2.39. The zero-order chi connectivity index (χ0) is 43.6. The quantitative estimate of drug-likeness (QED) is 0.125. The molecule has 0 unspecified atom stereocenters. The number of halogens is 4. The highest BCUT2D eigenvalue weighted by molar-refractivity contribution is 7.90. The van der Waals surface area contributed by atoms with Gasteiger partial charge in [-0.25, -0.2) is 23.1 Å². The largest absolute Gasteiger partial charge is 0.477 e. The molecule has 2 N–H and O–H groups in total. The number of nitrogens with zero attached hydrogens (tertiary/aromatic N) is 4. The van der Waals surface area contributed by atoms with E-state index in [4.69, 9.17) is 25.8 Å². The van der Waals surface area contributed by atoms with Crippen molar-refractivity contribution in [2.45, 2.75) is 57.0 Å². The molecule has 12 nitrogen and oxygen atoms in total. The minimum Gasteiger partial charge on any atom is -0.477 e. The third-order valence-corrected chi connectivity index (χ3v) is 13.4. The fraction of sp³-hybridized carbons (Fsp3) is 0.400. The van der Waals surface area contributed by atoms with Gasteiger partial charge in [-0.3, -0.25) is 9.69 Å². The summed E-state index contributed by atoms with van der Waals surface area (Å²) < 4.78 is 88.7. The van der Waals surface area contributed by atoms with Crippen LogP contribution in [0.4, 0.5) is 18.9 Å². The Morgan fingerprint density at radius 1 is 1.00 bits per heavy atom. The predicted molar refractivity (Wildman–Crippen MR) is 230 cm³/mol. The maximum atomic E-state index is 14.2. The van der Waals surface area contributed by atoms with Crippen molar-refractivity contribution in [3.05, 3.63) is 107 Å². The topological polar surface area (TPSA) is 139 Å². The van der Waals surface area contributed by atoms with Crippen LogP contribution >= 0.6 is 11.6 Å². The maximum absolute atomic E-state index is 14.2. The van der Waals surface area contributed by atoms with Gasteiger partial charge in [-0.1, -0.05) is 43.2 Å². The Morgan fingerprint density at radius 3 is 2.50 bits per heavy atom. The minimum atomic E-state index is -4.99. The number of hydrogen-bond acceptors (Lipinski definition) is 10. The number of aromatic nitrogens is 3. The zero-order valence-corrected chi connectivity index (χ0v) is 36.0. The van der Waals surface area contributed by atoms with Crippen LogP contribution in [0.25, 0.3) is 16.6 Å². The van der Waals surface area contributed by atoms with Crippen LogP contribution in [-0.4, -0.2) is 86.7 Å². The van der Waals surface area contributed by atoms with Crippen LogP contribution in [0.5, 0.6) is 17.4 Å². The number of benzene rings is 2. The van der Waals surface area contributed by atoms with Crippen molar-refractivity contribution in [1.82, 2.24) is 24.6 Å². The molecule has 2 saturated heterocycles. The molecule has 0 spiro atoms. The fourth-order valence-electron chi connectivity index (χ4n) is 8.22. The number of nitrogens with one attached hydrogen (secondary N) is 2. The van der Waals surface area contributed by atoms with Crippen molar-refractivity contribution in [2.75, 3.05) is 57.4 Å². The summed E-state index contributed by atoms with van der Waals surface area (Å²) in [6.07, 6.45) is 3.30. The van der Waals surface area contributed by atoms with E-state index in [2.05, 4.69) is 50.7 Å². The fourth-order valence-corrected chi connectivity index (χ4v) is 9.29. The Bertz CT molecular complexity index is 2570. The summed E-state index contributed by atoms with van der Waals surface area (Å²) in [5.74, 6) is -1.57. The molecule has 62 heavy (non-hydrogen) atoms. The number of alkyl halides is 3. The summed E-state index contributed by atoms with van der Waals surface area (Å²) >= 11 is 6.23. The second-order valence-electron chi connectivity index (χ2n) is 16.9. The number of piperazine rings is 1. The molecule has 5 heterocycles. The van der Waals surface area contributed by atoms with E-state index in [0.29, 0.717) is 55.9 Å². The molecule has 17 heteroatoms. The molecule has 2 fully saturated rings. The highest BCUT2D eigenvalue weighted by atomic mass is 35.5. The zero-order valence-electron chi connectivity index (χ0n) is 34.4. The number of rotatable bonds is 12. The van der Waals surface area contributed by atoms with E-state index in [9.17, 15) is 26.4 Å². The normalized spacial score (nSPS) is 17.9. The lowest BCUT2D eigenvalue weighted by atomic mass is 9.72. The van der Waals surface area contributed by atoms with Gasteiger partial charge in [0.25, 0.3) is 15.9 Å². The number of carbonyl (C=O) groups excluding carboxylic acids is 1. The monoisotopic (exact) mass is 892 g/mol. The number of aromatic amines is 1.